The molecule has 2 rings (SSSR count). The highest BCUT2D eigenvalue weighted by molar-refractivity contribution is 6.01. The Kier molecular flexibility index (Phi) is 2.83. The van der Waals surface area contributed by atoms with Crippen molar-refractivity contribution in [3.05, 3.63) is 36.5 Å². The van der Waals surface area contributed by atoms with Gasteiger partial charge in [-0.1, -0.05) is 18.2 Å². The molecule has 1 aromatic carbocycles. The number of aromatic nitrogens is 1. The minimum absolute atomic E-state index is 0.210. The molecule has 82 valence electrons. The van der Waals surface area contributed by atoms with E-state index in [4.69, 9.17) is 5.73 Å². The number of para-hydroxylation sites is 1. The molecule has 1 atom stereocenters. The predicted octanol–water partition coefficient (Wildman–Crippen LogP) is 1.52. The lowest BCUT2D eigenvalue weighted by molar-refractivity contribution is -0.117. The van der Waals surface area contributed by atoms with Crippen LogP contribution in [0.15, 0.2) is 36.5 Å². The molecule has 0 aliphatic rings. The third-order valence-corrected chi connectivity index (χ3v) is 2.30. The fraction of sp³-hybridized carbons (Fsp3) is 0.167. The number of amides is 1. The van der Waals surface area contributed by atoms with Gasteiger partial charge in [0, 0.05) is 11.6 Å². The number of benzene rings is 1. The Morgan fingerprint density at radius 3 is 2.88 bits per heavy atom. The van der Waals surface area contributed by atoms with Gasteiger partial charge in [0.15, 0.2) is 0 Å². The number of nitrogens with two attached hydrogens (primary N) is 1. The smallest absolute Gasteiger partial charge is 0.241 e. The Labute approximate surface area is 93.5 Å². The number of hydrogen-bond acceptors (Lipinski definition) is 3. The highest BCUT2D eigenvalue weighted by Crippen LogP contribution is 2.20. The van der Waals surface area contributed by atoms with Gasteiger partial charge in [0.1, 0.15) is 0 Å². The summed E-state index contributed by atoms with van der Waals surface area (Å²) in [6.45, 7) is 1.65. The summed E-state index contributed by atoms with van der Waals surface area (Å²) in [4.78, 5) is 15.7. The van der Waals surface area contributed by atoms with Gasteiger partial charge in [0.2, 0.25) is 5.91 Å². The molecule has 0 aliphatic heterocycles. The monoisotopic (exact) mass is 215 g/mol. The quantitative estimate of drug-likeness (QED) is 0.798. The molecule has 1 unspecified atom stereocenters. The lowest BCUT2D eigenvalue weighted by Gasteiger charge is -2.09. The minimum Gasteiger partial charge on any atom is -0.323 e. The first-order chi connectivity index (χ1) is 7.68. The Morgan fingerprint density at radius 1 is 1.38 bits per heavy atom. The van der Waals surface area contributed by atoms with Crippen LogP contribution in [-0.4, -0.2) is 16.9 Å². The predicted molar refractivity (Wildman–Crippen MR) is 64.0 cm³/mol. The van der Waals surface area contributed by atoms with Crippen LogP contribution in [0.2, 0.25) is 0 Å². The zero-order valence-electron chi connectivity index (χ0n) is 8.97. The number of fused-ring (bicyclic) bond motifs is 1. The Balaban J connectivity index is 2.41. The molecule has 1 heterocycles. The molecule has 16 heavy (non-hydrogen) atoms. The highest BCUT2D eigenvalue weighted by atomic mass is 16.2. The summed E-state index contributed by atoms with van der Waals surface area (Å²) >= 11 is 0. The molecule has 0 spiro atoms. The van der Waals surface area contributed by atoms with E-state index in [-0.39, 0.29) is 5.91 Å². The van der Waals surface area contributed by atoms with E-state index in [1.807, 2.05) is 30.3 Å². The second-order valence-corrected chi connectivity index (χ2v) is 3.66. The first-order valence-electron chi connectivity index (χ1n) is 5.08. The van der Waals surface area contributed by atoms with Crippen LogP contribution in [0.4, 0.5) is 5.69 Å². The van der Waals surface area contributed by atoms with E-state index in [2.05, 4.69) is 10.3 Å². The van der Waals surface area contributed by atoms with Crippen LogP contribution >= 0.6 is 0 Å². The molecule has 3 N–H and O–H groups in total. The standard InChI is InChI=1S/C12H13N3O/c1-8(13)12(16)15-10-6-2-4-9-5-3-7-14-11(9)10/h2-8H,13H2,1H3,(H,15,16). The van der Waals surface area contributed by atoms with Gasteiger partial charge in [-0.15, -0.1) is 0 Å². The molecule has 1 amide bonds. The normalized spacial score (nSPS) is 12.4. The summed E-state index contributed by atoms with van der Waals surface area (Å²) in [6.07, 6.45) is 1.70. The minimum atomic E-state index is -0.529. The van der Waals surface area contributed by atoms with E-state index in [1.54, 1.807) is 13.1 Å². The lowest BCUT2D eigenvalue weighted by atomic mass is 10.2. The van der Waals surface area contributed by atoms with Crippen LogP contribution in [0, 0.1) is 0 Å². The largest absolute Gasteiger partial charge is 0.323 e. The van der Waals surface area contributed by atoms with E-state index in [0.717, 1.165) is 10.9 Å². The van der Waals surface area contributed by atoms with Crippen molar-refractivity contribution in [1.82, 2.24) is 4.98 Å². The molecule has 0 fully saturated rings. The molecule has 0 saturated heterocycles. The third-order valence-electron chi connectivity index (χ3n) is 2.30. The molecule has 4 heteroatoms. The fourth-order valence-corrected chi connectivity index (χ4v) is 1.45. The second kappa shape index (κ2) is 4.28. The van der Waals surface area contributed by atoms with E-state index in [1.165, 1.54) is 0 Å². The first kappa shape index (κ1) is 10.6. The molecule has 0 saturated carbocycles. The van der Waals surface area contributed by atoms with E-state index >= 15 is 0 Å². The van der Waals surface area contributed by atoms with Crippen LogP contribution in [0.25, 0.3) is 10.9 Å². The van der Waals surface area contributed by atoms with Gasteiger partial charge in [-0.05, 0) is 19.1 Å². The molecular formula is C12H13N3O. The average molecular weight is 215 g/mol. The number of pyridine rings is 1. The van der Waals surface area contributed by atoms with Crippen molar-refractivity contribution in [3.63, 3.8) is 0 Å². The third kappa shape index (κ3) is 2.01. The molecular weight excluding hydrogens is 202 g/mol. The molecule has 2 aromatic rings. The van der Waals surface area contributed by atoms with Gasteiger partial charge in [0.05, 0.1) is 17.2 Å². The maximum atomic E-state index is 11.5. The second-order valence-electron chi connectivity index (χ2n) is 3.66. The molecule has 0 bridgehead atoms. The number of nitrogens with one attached hydrogen (secondary N) is 1. The van der Waals surface area contributed by atoms with Crippen LogP contribution in [0.5, 0.6) is 0 Å². The van der Waals surface area contributed by atoms with E-state index in [9.17, 15) is 4.79 Å². The van der Waals surface area contributed by atoms with Crippen molar-refractivity contribution < 1.29 is 4.79 Å². The van der Waals surface area contributed by atoms with Gasteiger partial charge in [-0.3, -0.25) is 9.78 Å². The van der Waals surface area contributed by atoms with Gasteiger partial charge in [-0.2, -0.15) is 0 Å². The average Bonchev–Trinajstić information content (AvgIpc) is 2.29. The van der Waals surface area contributed by atoms with E-state index < -0.39 is 6.04 Å². The Morgan fingerprint density at radius 2 is 2.12 bits per heavy atom. The van der Waals surface area contributed by atoms with Crippen LogP contribution in [-0.2, 0) is 4.79 Å². The lowest BCUT2D eigenvalue weighted by Crippen LogP contribution is -2.32. The van der Waals surface area contributed by atoms with Crippen LogP contribution in [0.1, 0.15) is 6.92 Å². The number of hydrogen-bond donors (Lipinski definition) is 2. The van der Waals surface area contributed by atoms with Gasteiger partial charge in [-0.25, -0.2) is 0 Å². The SMILES string of the molecule is CC(N)C(=O)Nc1cccc2cccnc12. The summed E-state index contributed by atoms with van der Waals surface area (Å²) in [5, 5.41) is 3.75. The van der Waals surface area contributed by atoms with Gasteiger partial charge in [0.25, 0.3) is 0 Å². The number of anilines is 1. The zero-order valence-corrected chi connectivity index (χ0v) is 8.97. The van der Waals surface area contributed by atoms with Crippen molar-refractivity contribution in [2.24, 2.45) is 5.73 Å². The summed E-state index contributed by atoms with van der Waals surface area (Å²) in [5.41, 5.74) is 6.97. The highest BCUT2D eigenvalue weighted by Gasteiger charge is 2.09. The number of rotatable bonds is 2. The van der Waals surface area contributed by atoms with E-state index in [0.29, 0.717) is 5.69 Å². The molecule has 4 nitrogen and oxygen atoms in total. The first-order valence-corrected chi connectivity index (χ1v) is 5.08. The Bertz CT molecular complexity index is 517. The molecule has 0 radical (unpaired) electrons. The topological polar surface area (TPSA) is 68.0 Å². The van der Waals surface area contributed by atoms with Crippen molar-refractivity contribution in [2.45, 2.75) is 13.0 Å². The van der Waals surface area contributed by atoms with Crippen LogP contribution < -0.4 is 11.1 Å². The summed E-state index contributed by atoms with van der Waals surface area (Å²) in [5.74, 6) is -0.210. The summed E-state index contributed by atoms with van der Waals surface area (Å²) < 4.78 is 0. The Hall–Kier alpha value is -1.94. The van der Waals surface area contributed by atoms with Crippen LogP contribution in [0.3, 0.4) is 0 Å². The van der Waals surface area contributed by atoms with Crippen molar-refractivity contribution in [1.29, 1.82) is 0 Å². The van der Waals surface area contributed by atoms with Crippen molar-refractivity contribution in [3.8, 4) is 0 Å². The molecule has 0 aliphatic carbocycles. The molecule has 1 aromatic heterocycles. The number of nitrogens with zero attached hydrogens (tertiary/aromatic N) is 1. The van der Waals surface area contributed by atoms with Gasteiger partial charge >= 0.3 is 0 Å². The summed E-state index contributed by atoms with van der Waals surface area (Å²) in [6, 6.07) is 8.92. The maximum Gasteiger partial charge on any atom is 0.241 e. The van der Waals surface area contributed by atoms with Crippen molar-refractivity contribution in [2.75, 3.05) is 5.32 Å². The fourth-order valence-electron chi connectivity index (χ4n) is 1.45. The number of carbonyl (C=O) groups excluding carboxylic acids is 1. The zero-order chi connectivity index (χ0) is 11.5. The maximum absolute atomic E-state index is 11.5. The summed E-state index contributed by atoms with van der Waals surface area (Å²) in [7, 11) is 0. The number of carbonyl (C=O) groups is 1. The van der Waals surface area contributed by atoms with Gasteiger partial charge < -0.3 is 11.1 Å². The van der Waals surface area contributed by atoms with Crippen molar-refractivity contribution >= 4 is 22.5 Å².